The number of terminal acetylenes is 1. The van der Waals surface area contributed by atoms with Crippen molar-refractivity contribution >= 4 is 29.2 Å². The van der Waals surface area contributed by atoms with Crippen LogP contribution in [0.3, 0.4) is 0 Å². The second-order valence-electron chi connectivity index (χ2n) is 20.2. The summed E-state index contributed by atoms with van der Waals surface area (Å²) in [6.45, 7) is 15.5. The van der Waals surface area contributed by atoms with Gasteiger partial charge in [0.2, 0.25) is 17.7 Å². The molecule has 15 heteroatoms. The van der Waals surface area contributed by atoms with Crippen molar-refractivity contribution in [1.29, 1.82) is 0 Å². The Labute approximate surface area is 390 Å². The number of anilines is 2. The molecule has 4 fully saturated rings. The van der Waals surface area contributed by atoms with Crippen LogP contribution in [0.4, 0.5) is 11.5 Å². The quantitative estimate of drug-likeness (QED) is 0.117. The van der Waals surface area contributed by atoms with Crippen LogP contribution in [0.5, 0.6) is 5.75 Å². The van der Waals surface area contributed by atoms with Gasteiger partial charge in [-0.05, 0) is 113 Å². The van der Waals surface area contributed by atoms with Crippen LogP contribution in [0.2, 0.25) is 0 Å². The second-order valence-corrected chi connectivity index (χ2v) is 20.2. The molecule has 0 aliphatic carbocycles. The van der Waals surface area contributed by atoms with Crippen LogP contribution >= 0.6 is 0 Å². The van der Waals surface area contributed by atoms with Gasteiger partial charge in [0.05, 0.1) is 23.5 Å². The molecule has 4 saturated heterocycles. The number of carbonyl (C=O) groups is 3. The molecule has 6 heterocycles. The van der Waals surface area contributed by atoms with Gasteiger partial charge in [0.15, 0.2) is 5.82 Å². The Morgan fingerprint density at radius 3 is 2.33 bits per heavy atom. The molecule has 5 aliphatic heterocycles. The van der Waals surface area contributed by atoms with Crippen molar-refractivity contribution in [3.63, 3.8) is 0 Å². The highest BCUT2D eigenvalue weighted by atomic mass is 16.3. The number of benzene rings is 2. The van der Waals surface area contributed by atoms with E-state index in [1.807, 2.05) is 63.2 Å². The number of β-amino-alcohol motifs (C(OH)–C–C–N with tert-alkyl or cyclic N) is 1. The maximum absolute atomic E-state index is 14.0. The molecule has 0 saturated carbocycles. The van der Waals surface area contributed by atoms with Gasteiger partial charge in [-0.2, -0.15) is 0 Å². The molecule has 8 rings (SSSR count). The fraction of sp³-hybridized carbons (Fsp3) is 0.588. The van der Waals surface area contributed by atoms with E-state index in [4.69, 9.17) is 6.42 Å². The summed E-state index contributed by atoms with van der Waals surface area (Å²) in [5, 5.41) is 39.3. The summed E-state index contributed by atoms with van der Waals surface area (Å²) in [5.74, 6) is 2.76. The van der Waals surface area contributed by atoms with E-state index < -0.39 is 23.6 Å². The first kappa shape index (κ1) is 47.2. The molecule has 2 aromatic carbocycles. The number of phenolic OH excluding ortho intramolecular Hbond substituents is 1. The Hall–Kier alpha value is -5.27. The topological polar surface area (TPSA) is 170 Å². The number of nitrogens with one attached hydrogen (secondary N) is 3. The summed E-state index contributed by atoms with van der Waals surface area (Å²) in [5.41, 5.74) is 3.49. The third-order valence-electron chi connectivity index (χ3n) is 14.6. The maximum Gasteiger partial charge on any atom is 0.246 e. The minimum atomic E-state index is -0.832. The summed E-state index contributed by atoms with van der Waals surface area (Å²) < 4.78 is 0. The van der Waals surface area contributed by atoms with Crippen molar-refractivity contribution in [2.45, 2.75) is 121 Å². The van der Waals surface area contributed by atoms with Crippen molar-refractivity contribution in [1.82, 2.24) is 40.4 Å². The SMILES string of the molecule is C#Cc1ccc(CNC(=O)[C@@H]2C[C@@H](O)CN2C(=O)[C@@H](NC(=O)CCCCCN2CCC(N3CCC(N4CCN5c6cc(-c7ccccc7O)nnc6NC[C@H]5C4)CC3)CC2)C(C)(C)C)cc1. The number of aromatic hydroxyl groups is 1. The first-order valence-electron chi connectivity index (χ1n) is 24.3. The minimum absolute atomic E-state index is 0.0438. The largest absolute Gasteiger partial charge is 0.507 e. The van der Waals surface area contributed by atoms with E-state index in [-0.39, 0.29) is 43.0 Å². The molecule has 3 amide bonds. The fourth-order valence-corrected chi connectivity index (χ4v) is 10.8. The number of amides is 3. The minimum Gasteiger partial charge on any atom is -0.507 e. The number of phenols is 1. The standard InChI is InChI=1S/C51H70N10O5/c1-5-35-14-16-36(17-15-35)31-53-49(65)44-29-40(62)34-61(44)50(66)47(51(2,3)4)54-46(64)13-7-6-10-22-57-23-18-37(19-24-57)58-25-20-38(21-26-58)59-27-28-60-39(33-59)32-52-48-43(60)30-42(55-56-48)41-11-8-9-12-45(41)63/h1,8-9,11-12,14-17,30,37-40,44,47,62-63H,6-7,10,13,18-29,31-34H2,2-4H3,(H,52,56)(H,53,65)(H,54,64)/t39-,40+,44-,47+/m0/s1. The number of aliphatic hydroxyl groups is 1. The molecule has 4 atom stereocenters. The second kappa shape index (κ2) is 21.1. The number of fused-ring (bicyclic) bond motifs is 3. The van der Waals surface area contributed by atoms with Gasteiger partial charge in [-0.25, -0.2) is 0 Å². The lowest BCUT2D eigenvalue weighted by Gasteiger charge is -2.50. The molecular formula is C51H70N10O5. The number of aliphatic hydroxyl groups excluding tert-OH is 1. The van der Waals surface area contributed by atoms with Crippen molar-refractivity contribution in [3.05, 3.63) is 65.7 Å². The number of piperazine rings is 1. The predicted octanol–water partition coefficient (Wildman–Crippen LogP) is 4.04. The van der Waals surface area contributed by atoms with Gasteiger partial charge in [-0.3, -0.25) is 19.3 Å². The highest BCUT2D eigenvalue weighted by Crippen LogP contribution is 2.37. The Kier molecular flexibility index (Phi) is 15.1. The molecule has 5 N–H and O–H groups in total. The van der Waals surface area contributed by atoms with E-state index in [1.54, 1.807) is 6.07 Å². The van der Waals surface area contributed by atoms with E-state index in [2.05, 4.69) is 57.7 Å². The number of carbonyl (C=O) groups excluding carboxylic acids is 3. The van der Waals surface area contributed by atoms with Crippen LogP contribution in [0.1, 0.15) is 89.7 Å². The number of unbranched alkanes of at least 4 members (excludes halogenated alkanes) is 2. The molecule has 0 radical (unpaired) electrons. The zero-order valence-electron chi connectivity index (χ0n) is 39.1. The number of piperidine rings is 2. The van der Waals surface area contributed by atoms with Crippen LogP contribution in [-0.4, -0.2) is 159 Å². The highest BCUT2D eigenvalue weighted by Gasteiger charge is 2.44. The number of hydrogen-bond acceptors (Lipinski definition) is 12. The van der Waals surface area contributed by atoms with Crippen molar-refractivity contribution in [2.24, 2.45) is 5.41 Å². The molecule has 0 bridgehead atoms. The van der Waals surface area contributed by atoms with Crippen LogP contribution in [-0.2, 0) is 20.9 Å². The van der Waals surface area contributed by atoms with Crippen LogP contribution in [0.25, 0.3) is 11.3 Å². The van der Waals surface area contributed by atoms with Gasteiger partial charge >= 0.3 is 0 Å². The average molecular weight is 903 g/mol. The molecule has 354 valence electrons. The number of likely N-dealkylation sites (tertiary alicyclic amines) is 3. The zero-order chi connectivity index (χ0) is 46.4. The summed E-state index contributed by atoms with van der Waals surface area (Å²) >= 11 is 0. The maximum atomic E-state index is 14.0. The van der Waals surface area contributed by atoms with Gasteiger partial charge in [-0.15, -0.1) is 16.6 Å². The van der Waals surface area contributed by atoms with Crippen molar-refractivity contribution < 1.29 is 24.6 Å². The van der Waals surface area contributed by atoms with Crippen LogP contribution in [0, 0.1) is 17.8 Å². The zero-order valence-corrected chi connectivity index (χ0v) is 39.1. The average Bonchev–Trinajstić information content (AvgIpc) is 3.73. The first-order valence-corrected chi connectivity index (χ1v) is 24.3. The van der Waals surface area contributed by atoms with E-state index in [1.165, 1.54) is 30.6 Å². The van der Waals surface area contributed by atoms with Gasteiger partial charge < -0.3 is 45.8 Å². The molecule has 5 aliphatic rings. The molecular weight excluding hydrogens is 833 g/mol. The van der Waals surface area contributed by atoms with Crippen LogP contribution < -0.4 is 20.9 Å². The smallest absolute Gasteiger partial charge is 0.246 e. The molecule has 66 heavy (non-hydrogen) atoms. The first-order chi connectivity index (χ1) is 31.8. The van der Waals surface area contributed by atoms with E-state index in [9.17, 15) is 24.6 Å². The molecule has 0 unspecified atom stereocenters. The fourth-order valence-electron chi connectivity index (χ4n) is 10.8. The van der Waals surface area contributed by atoms with Crippen LogP contribution in [0.15, 0.2) is 54.6 Å². The molecule has 3 aromatic rings. The van der Waals surface area contributed by atoms with Gasteiger partial charge in [0.1, 0.15) is 17.8 Å². The Morgan fingerprint density at radius 2 is 1.61 bits per heavy atom. The lowest BCUT2D eigenvalue weighted by atomic mass is 9.85. The van der Waals surface area contributed by atoms with Crippen molar-refractivity contribution in [3.8, 4) is 29.4 Å². The monoisotopic (exact) mass is 903 g/mol. The Bertz CT molecular complexity index is 2190. The van der Waals surface area contributed by atoms with Gasteiger partial charge in [0, 0.05) is 75.3 Å². The molecule has 1 aromatic heterocycles. The third kappa shape index (κ3) is 11.3. The summed E-state index contributed by atoms with van der Waals surface area (Å²) in [6, 6.07) is 16.7. The number of rotatable bonds is 14. The normalized spacial score (nSPS) is 22.7. The van der Waals surface area contributed by atoms with Gasteiger partial charge in [0.25, 0.3) is 0 Å². The number of para-hydroxylation sites is 1. The van der Waals surface area contributed by atoms with Gasteiger partial charge in [-0.1, -0.05) is 57.4 Å². The van der Waals surface area contributed by atoms with Crippen molar-refractivity contribution in [2.75, 3.05) is 75.7 Å². The Morgan fingerprint density at radius 1 is 0.879 bits per heavy atom. The highest BCUT2D eigenvalue weighted by molar-refractivity contribution is 5.93. The summed E-state index contributed by atoms with van der Waals surface area (Å²) in [6.07, 6.45) is 12.6. The summed E-state index contributed by atoms with van der Waals surface area (Å²) in [7, 11) is 0. The summed E-state index contributed by atoms with van der Waals surface area (Å²) in [4.78, 5) is 52.5. The number of aromatic nitrogens is 2. The van der Waals surface area contributed by atoms with E-state index in [0.29, 0.717) is 35.8 Å². The lowest BCUT2D eigenvalue weighted by Crippen LogP contribution is -2.61. The predicted molar refractivity (Wildman–Crippen MR) is 257 cm³/mol. The number of nitrogens with zero attached hydrogens (tertiary/aromatic N) is 7. The number of hydrogen-bond donors (Lipinski definition) is 5. The molecule has 0 spiro atoms. The van der Waals surface area contributed by atoms with E-state index in [0.717, 1.165) is 101 Å². The lowest BCUT2D eigenvalue weighted by molar-refractivity contribution is -0.144. The van der Waals surface area contributed by atoms with E-state index >= 15 is 0 Å². The molecule has 15 nitrogen and oxygen atoms in total. The Balaban J connectivity index is 0.715. The third-order valence-corrected chi connectivity index (χ3v) is 14.6.